The highest BCUT2D eigenvalue weighted by atomic mass is 32.2. The first-order valence-electron chi connectivity index (χ1n) is 5.55. The van der Waals surface area contributed by atoms with Gasteiger partial charge in [-0.25, -0.2) is 0 Å². The van der Waals surface area contributed by atoms with Gasteiger partial charge in [0.2, 0.25) is 0 Å². The summed E-state index contributed by atoms with van der Waals surface area (Å²) in [6.07, 6.45) is 3.97. The Morgan fingerprint density at radius 3 is 2.79 bits per heavy atom. The molecule has 1 saturated heterocycles. The van der Waals surface area contributed by atoms with Crippen LogP contribution < -0.4 is 5.32 Å². The molecule has 2 rings (SSSR count). The van der Waals surface area contributed by atoms with Crippen molar-refractivity contribution in [2.45, 2.75) is 51.3 Å². The molecule has 1 N–H and O–H groups in total. The van der Waals surface area contributed by atoms with Crippen molar-refractivity contribution in [3.8, 4) is 0 Å². The molecule has 0 aromatic heterocycles. The molecule has 2 aliphatic rings. The topological polar surface area (TPSA) is 24.4 Å². The third kappa shape index (κ3) is 2.66. The van der Waals surface area contributed by atoms with Crippen molar-refractivity contribution < 1.29 is 0 Å². The number of nitrogens with one attached hydrogen (secondary N) is 1. The van der Waals surface area contributed by atoms with Gasteiger partial charge in [0.15, 0.2) is 5.17 Å². The Balaban J connectivity index is 1.89. The zero-order valence-electron chi connectivity index (χ0n) is 9.34. The minimum Gasteiger partial charge on any atom is -0.362 e. The molecule has 2 fully saturated rings. The van der Waals surface area contributed by atoms with E-state index in [1.807, 2.05) is 11.8 Å². The van der Waals surface area contributed by atoms with Gasteiger partial charge < -0.3 is 5.32 Å². The average molecular weight is 212 g/mol. The van der Waals surface area contributed by atoms with Gasteiger partial charge in [-0.3, -0.25) is 4.99 Å². The molecule has 2 unspecified atom stereocenters. The Kier molecular flexibility index (Phi) is 2.78. The van der Waals surface area contributed by atoms with E-state index in [2.05, 4.69) is 31.1 Å². The van der Waals surface area contributed by atoms with Crippen molar-refractivity contribution in [1.82, 2.24) is 5.32 Å². The van der Waals surface area contributed by atoms with Crippen LogP contribution >= 0.6 is 11.8 Å². The third-order valence-electron chi connectivity index (χ3n) is 3.08. The van der Waals surface area contributed by atoms with Crippen LogP contribution in [-0.2, 0) is 0 Å². The van der Waals surface area contributed by atoms with Crippen LogP contribution in [0.25, 0.3) is 0 Å². The molecule has 3 heteroatoms. The van der Waals surface area contributed by atoms with Gasteiger partial charge in [0, 0.05) is 17.8 Å². The molecule has 2 atom stereocenters. The van der Waals surface area contributed by atoms with E-state index in [4.69, 9.17) is 0 Å². The lowest BCUT2D eigenvalue weighted by molar-refractivity contribution is 0.574. The SMILES string of the molecule is CC1CC(C)SC(=NCC2(C)CC2)N1. The van der Waals surface area contributed by atoms with Gasteiger partial charge in [-0.05, 0) is 31.6 Å². The fraction of sp³-hybridized carbons (Fsp3) is 0.909. The zero-order chi connectivity index (χ0) is 10.2. The molecule has 2 nitrogen and oxygen atoms in total. The van der Waals surface area contributed by atoms with Gasteiger partial charge in [0.1, 0.15) is 0 Å². The van der Waals surface area contributed by atoms with E-state index in [9.17, 15) is 0 Å². The van der Waals surface area contributed by atoms with Crippen molar-refractivity contribution in [1.29, 1.82) is 0 Å². The number of aliphatic imine (C=N–C) groups is 1. The van der Waals surface area contributed by atoms with Gasteiger partial charge in [0.05, 0.1) is 0 Å². The number of rotatable bonds is 2. The second-order valence-corrected chi connectivity index (χ2v) is 6.57. The molecule has 0 radical (unpaired) electrons. The summed E-state index contributed by atoms with van der Waals surface area (Å²) in [5, 5.41) is 5.35. The van der Waals surface area contributed by atoms with Crippen LogP contribution in [-0.4, -0.2) is 23.0 Å². The first kappa shape index (κ1) is 10.3. The average Bonchev–Trinajstić information content (AvgIpc) is 2.80. The second-order valence-electron chi connectivity index (χ2n) is 5.14. The quantitative estimate of drug-likeness (QED) is 0.761. The summed E-state index contributed by atoms with van der Waals surface area (Å²) in [6, 6.07) is 0.594. The number of hydrogen-bond donors (Lipinski definition) is 1. The summed E-state index contributed by atoms with van der Waals surface area (Å²) >= 11 is 1.90. The standard InChI is InChI=1S/C11H20N2S/c1-8-6-9(2)14-10(13-8)12-7-11(3)4-5-11/h8-9H,4-7H2,1-3H3,(H,12,13). The highest BCUT2D eigenvalue weighted by molar-refractivity contribution is 8.14. The van der Waals surface area contributed by atoms with E-state index in [0.29, 0.717) is 11.5 Å². The Morgan fingerprint density at radius 1 is 1.50 bits per heavy atom. The first-order valence-corrected chi connectivity index (χ1v) is 6.43. The smallest absolute Gasteiger partial charge is 0.157 e. The fourth-order valence-corrected chi connectivity index (χ4v) is 2.93. The van der Waals surface area contributed by atoms with Crippen molar-refractivity contribution in [3.63, 3.8) is 0 Å². The maximum atomic E-state index is 4.69. The number of thioether (sulfide) groups is 1. The highest BCUT2D eigenvalue weighted by Gasteiger charge is 2.37. The molecule has 0 aromatic carbocycles. The van der Waals surface area contributed by atoms with Gasteiger partial charge in [0.25, 0.3) is 0 Å². The van der Waals surface area contributed by atoms with E-state index in [1.165, 1.54) is 24.4 Å². The predicted molar refractivity (Wildman–Crippen MR) is 63.9 cm³/mol. The predicted octanol–water partition coefficient (Wildman–Crippen LogP) is 2.65. The summed E-state index contributed by atoms with van der Waals surface area (Å²) in [4.78, 5) is 4.69. The number of hydrogen-bond acceptors (Lipinski definition) is 2. The van der Waals surface area contributed by atoms with Crippen LogP contribution in [0.3, 0.4) is 0 Å². The molecular weight excluding hydrogens is 192 g/mol. The van der Waals surface area contributed by atoms with Crippen molar-refractivity contribution in [3.05, 3.63) is 0 Å². The lowest BCUT2D eigenvalue weighted by Gasteiger charge is -2.27. The summed E-state index contributed by atoms with van der Waals surface area (Å²) < 4.78 is 0. The van der Waals surface area contributed by atoms with E-state index in [0.717, 1.165) is 11.8 Å². The summed E-state index contributed by atoms with van der Waals surface area (Å²) in [6.45, 7) is 7.88. The molecule has 0 bridgehead atoms. The van der Waals surface area contributed by atoms with Gasteiger partial charge in [-0.2, -0.15) is 0 Å². The number of amidine groups is 1. The Labute approximate surface area is 90.9 Å². The second kappa shape index (κ2) is 3.76. The molecule has 14 heavy (non-hydrogen) atoms. The first-order chi connectivity index (χ1) is 6.57. The van der Waals surface area contributed by atoms with E-state index in [-0.39, 0.29) is 0 Å². The van der Waals surface area contributed by atoms with Gasteiger partial charge in [-0.15, -0.1) is 0 Å². The molecular formula is C11H20N2S. The Morgan fingerprint density at radius 2 is 2.21 bits per heavy atom. The van der Waals surface area contributed by atoms with Crippen LogP contribution in [0.15, 0.2) is 4.99 Å². The zero-order valence-corrected chi connectivity index (χ0v) is 10.2. The van der Waals surface area contributed by atoms with E-state index >= 15 is 0 Å². The summed E-state index contributed by atoms with van der Waals surface area (Å²) in [5.41, 5.74) is 0.541. The maximum absolute atomic E-state index is 4.69. The summed E-state index contributed by atoms with van der Waals surface area (Å²) in [7, 11) is 0. The lowest BCUT2D eigenvalue weighted by Crippen LogP contribution is -2.38. The van der Waals surface area contributed by atoms with Crippen LogP contribution in [0.2, 0.25) is 0 Å². The normalized spacial score (nSPS) is 38.1. The maximum Gasteiger partial charge on any atom is 0.157 e. The molecule has 1 aliphatic carbocycles. The molecule has 1 heterocycles. The van der Waals surface area contributed by atoms with Crippen LogP contribution in [0.1, 0.15) is 40.0 Å². The van der Waals surface area contributed by atoms with Gasteiger partial charge in [-0.1, -0.05) is 25.6 Å². The fourth-order valence-electron chi connectivity index (χ4n) is 1.76. The van der Waals surface area contributed by atoms with Crippen molar-refractivity contribution in [2.75, 3.05) is 6.54 Å². The Bertz CT molecular complexity index is 234. The molecule has 0 aromatic rings. The Hall–Kier alpha value is -0.180. The van der Waals surface area contributed by atoms with Crippen LogP contribution in [0.4, 0.5) is 0 Å². The number of nitrogens with zero attached hydrogens (tertiary/aromatic N) is 1. The van der Waals surface area contributed by atoms with E-state index in [1.54, 1.807) is 0 Å². The third-order valence-corrected chi connectivity index (χ3v) is 4.14. The molecule has 0 spiro atoms. The monoisotopic (exact) mass is 212 g/mol. The highest BCUT2D eigenvalue weighted by Crippen LogP contribution is 2.45. The molecule has 0 amide bonds. The molecule has 80 valence electrons. The van der Waals surface area contributed by atoms with Crippen LogP contribution in [0, 0.1) is 5.41 Å². The lowest BCUT2D eigenvalue weighted by atomic mass is 10.1. The van der Waals surface area contributed by atoms with E-state index < -0.39 is 0 Å². The summed E-state index contributed by atoms with van der Waals surface area (Å²) in [5.74, 6) is 0. The van der Waals surface area contributed by atoms with Crippen molar-refractivity contribution in [2.24, 2.45) is 10.4 Å². The molecule has 1 saturated carbocycles. The van der Waals surface area contributed by atoms with Crippen molar-refractivity contribution >= 4 is 16.9 Å². The van der Waals surface area contributed by atoms with Crippen LogP contribution in [0.5, 0.6) is 0 Å². The minimum atomic E-state index is 0.541. The minimum absolute atomic E-state index is 0.541. The molecule has 1 aliphatic heterocycles. The largest absolute Gasteiger partial charge is 0.362 e. The van der Waals surface area contributed by atoms with Gasteiger partial charge >= 0.3 is 0 Å².